The predicted molar refractivity (Wildman–Crippen MR) is 122 cm³/mol. The number of halogens is 6. The van der Waals surface area contributed by atoms with E-state index in [0.717, 1.165) is 27.6 Å². The maximum Gasteiger partial charge on any atom is 0.456 e. The van der Waals surface area contributed by atoms with Crippen molar-refractivity contribution in [2.45, 2.75) is 25.1 Å². The highest BCUT2D eigenvalue weighted by atomic mass is 19.4. The van der Waals surface area contributed by atoms with Crippen molar-refractivity contribution >= 4 is 10.9 Å². The van der Waals surface area contributed by atoms with Crippen LogP contribution in [0.15, 0.2) is 72.9 Å². The van der Waals surface area contributed by atoms with Gasteiger partial charge in [0.05, 0.1) is 0 Å². The van der Waals surface area contributed by atoms with Crippen LogP contribution in [0.5, 0.6) is 5.75 Å². The first-order chi connectivity index (χ1) is 16.6. The van der Waals surface area contributed by atoms with Gasteiger partial charge in [-0.2, -0.15) is 22.0 Å². The monoisotopic (exact) mass is 492 g/mol. The number of benzene rings is 3. The summed E-state index contributed by atoms with van der Waals surface area (Å²) >= 11 is 0. The van der Waals surface area contributed by atoms with Gasteiger partial charge in [-0.05, 0) is 71.6 Å². The summed E-state index contributed by atoms with van der Waals surface area (Å²) in [6.07, 6.45) is -3.04. The quantitative estimate of drug-likeness (QED) is 0.197. The maximum absolute atomic E-state index is 13.2. The molecule has 3 nitrogen and oxygen atoms in total. The van der Waals surface area contributed by atoms with Crippen molar-refractivity contribution in [3.8, 4) is 16.9 Å². The number of H-pyrrole nitrogens is 1. The van der Waals surface area contributed by atoms with Crippen LogP contribution in [0, 0.1) is 5.82 Å². The van der Waals surface area contributed by atoms with E-state index in [1.54, 1.807) is 18.2 Å². The minimum Gasteiger partial charge on any atom is -0.487 e. The number of nitrogens with one attached hydrogen (secondary N) is 2. The molecule has 4 aromatic rings. The summed E-state index contributed by atoms with van der Waals surface area (Å²) in [5.74, 6) is -5.27. The van der Waals surface area contributed by atoms with E-state index < -0.39 is 18.7 Å². The molecule has 0 fully saturated rings. The van der Waals surface area contributed by atoms with E-state index in [1.807, 2.05) is 24.4 Å². The molecule has 0 saturated heterocycles. The number of aromatic amines is 1. The van der Waals surface area contributed by atoms with Gasteiger partial charge in [0.15, 0.2) is 6.61 Å². The summed E-state index contributed by atoms with van der Waals surface area (Å²) < 4.78 is 81.0. The summed E-state index contributed by atoms with van der Waals surface area (Å²) in [5, 5.41) is 4.29. The van der Waals surface area contributed by atoms with Gasteiger partial charge in [-0.15, -0.1) is 0 Å². The van der Waals surface area contributed by atoms with Crippen molar-refractivity contribution in [3.63, 3.8) is 0 Å². The van der Waals surface area contributed by atoms with Crippen molar-refractivity contribution in [1.29, 1.82) is 0 Å². The molecule has 0 bridgehead atoms. The van der Waals surface area contributed by atoms with Crippen molar-refractivity contribution in [2.75, 3.05) is 13.2 Å². The van der Waals surface area contributed by atoms with Crippen LogP contribution < -0.4 is 10.1 Å². The Labute approximate surface area is 197 Å². The average molecular weight is 492 g/mol. The largest absolute Gasteiger partial charge is 0.487 e. The van der Waals surface area contributed by atoms with Gasteiger partial charge in [-0.1, -0.05) is 30.3 Å². The van der Waals surface area contributed by atoms with Gasteiger partial charge in [0.1, 0.15) is 11.6 Å². The van der Waals surface area contributed by atoms with E-state index in [2.05, 4.69) is 15.0 Å². The van der Waals surface area contributed by atoms with Crippen molar-refractivity contribution < 1.29 is 31.1 Å². The van der Waals surface area contributed by atoms with E-state index >= 15 is 0 Å². The van der Waals surface area contributed by atoms with Gasteiger partial charge >= 0.3 is 12.1 Å². The fourth-order valence-electron chi connectivity index (χ4n) is 3.66. The van der Waals surface area contributed by atoms with Gasteiger partial charge < -0.3 is 15.0 Å². The molecule has 0 spiro atoms. The highest BCUT2D eigenvalue weighted by Crippen LogP contribution is 2.35. The number of hydrogen-bond acceptors (Lipinski definition) is 2. The predicted octanol–water partition coefficient (Wildman–Crippen LogP) is 6.88. The number of hydrogen-bond donors (Lipinski definition) is 2. The molecule has 0 amide bonds. The summed E-state index contributed by atoms with van der Waals surface area (Å²) in [4.78, 5) is 3.23. The third kappa shape index (κ3) is 5.97. The standard InChI is InChI=1S/C26H22F6N2O/c27-21-7-4-18(5-8-21)19-6-9-24-23(13-19)20(15-34-24)10-11-33-14-17-2-1-3-22(12-17)35-16-25(28,29)26(30,31)32/h1-9,12-13,15,33-34H,10-11,14,16H2. The van der Waals surface area contributed by atoms with Crippen LogP contribution in [0.4, 0.5) is 26.3 Å². The molecule has 0 radical (unpaired) electrons. The van der Waals surface area contributed by atoms with Crippen LogP contribution in [-0.4, -0.2) is 30.2 Å². The van der Waals surface area contributed by atoms with E-state index in [0.29, 0.717) is 25.1 Å². The second kappa shape index (κ2) is 10.0. The number of ether oxygens (including phenoxy) is 1. The minimum atomic E-state index is -5.66. The number of aromatic nitrogens is 1. The SMILES string of the molecule is Fc1ccc(-c2ccc3[nH]cc(CCNCc4cccc(OCC(F)(F)C(F)(F)F)c4)c3c2)cc1. The molecule has 0 unspecified atom stereocenters. The Morgan fingerprint density at radius 3 is 2.34 bits per heavy atom. The Hall–Kier alpha value is -3.46. The zero-order chi connectivity index (χ0) is 25.1. The first-order valence-corrected chi connectivity index (χ1v) is 10.9. The van der Waals surface area contributed by atoms with Gasteiger partial charge in [0.25, 0.3) is 0 Å². The fraction of sp³-hybridized carbons (Fsp3) is 0.231. The van der Waals surface area contributed by atoms with Crippen LogP contribution in [0.25, 0.3) is 22.0 Å². The normalized spacial score (nSPS) is 12.3. The lowest BCUT2D eigenvalue weighted by molar-refractivity contribution is -0.290. The Kier molecular flexibility index (Phi) is 7.07. The molecule has 3 aromatic carbocycles. The fourth-order valence-corrected chi connectivity index (χ4v) is 3.66. The summed E-state index contributed by atoms with van der Waals surface area (Å²) in [7, 11) is 0. The molecule has 0 aliphatic rings. The molecule has 35 heavy (non-hydrogen) atoms. The van der Waals surface area contributed by atoms with Crippen molar-refractivity contribution in [1.82, 2.24) is 10.3 Å². The Balaban J connectivity index is 1.33. The van der Waals surface area contributed by atoms with E-state index in [4.69, 9.17) is 0 Å². The minimum absolute atomic E-state index is 0.0572. The lowest BCUT2D eigenvalue weighted by atomic mass is 10.0. The first-order valence-electron chi connectivity index (χ1n) is 10.9. The third-order valence-electron chi connectivity index (χ3n) is 5.58. The zero-order valence-corrected chi connectivity index (χ0v) is 18.4. The van der Waals surface area contributed by atoms with Gasteiger partial charge in [0.2, 0.25) is 0 Å². The molecule has 4 rings (SSSR count). The Morgan fingerprint density at radius 1 is 0.857 bits per heavy atom. The van der Waals surface area contributed by atoms with Crippen molar-refractivity contribution in [2.24, 2.45) is 0 Å². The topological polar surface area (TPSA) is 37.0 Å². The zero-order valence-electron chi connectivity index (χ0n) is 18.4. The lowest BCUT2D eigenvalue weighted by Crippen LogP contribution is -2.41. The highest BCUT2D eigenvalue weighted by molar-refractivity contribution is 5.88. The summed E-state index contributed by atoms with van der Waals surface area (Å²) in [6, 6.07) is 18.3. The van der Waals surface area contributed by atoms with Gasteiger partial charge in [-0.25, -0.2) is 4.39 Å². The van der Waals surface area contributed by atoms with Crippen LogP contribution in [0.2, 0.25) is 0 Å². The second-order valence-electron chi connectivity index (χ2n) is 8.15. The maximum atomic E-state index is 13.2. The molecule has 0 aliphatic heterocycles. The van der Waals surface area contributed by atoms with Crippen LogP contribution in [0.3, 0.4) is 0 Å². The molecule has 9 heteroatoms. The van der Waals surface area contributed by atoms with Crippen LogP contribution >= 0.6 is 0 Å². The summed E-state index contributed by atoms with van der Waals surface area (Å²) in [6.45, 7) is -0.783. The molecule has 0 saturated carbocycles. The van der Waals surface area contributed by atoms with Gasteiger partial charge in [0, 0.05) is 23.6 Å². The first kappa shape index (κ1) is 24.7. The molecule has 184 valence electrons. The highest BCUT2D eigenvalue weighted by Gasteiger charge is 2.58. The number of fused-ring (bicyclic) bond motifs is 1. The summed E-state index contributed by atoms with van der Waals surface area (Å²) in [5.41, 5.74) is 4.64. The lowest BCUT2D eigenvalue weighted by Gasteiger charge is -2.20. The number of alkyl halides is 5. The van der Waals surface area contributed by atoms with E-state index in [1.165, 1.54) is 30.3 Å². The molecule has 0 atom stereocenters. The molecule has 2 N–H and O–H groups in total. The van der Waals surface area contributed by atoms with Gasteiger partial charge in [-0.3, -0.25) is 0 Å². The molecular formula is C26H22F6N2O. The Bertz CT molecular complexity index is 1280. The average Bonchev–Trinajstić information content (AvgIpc) is 3.23. The molecule has 0 aliphatic carbocycles. The van der Waals surface area contributed by atoms with Crippen molar-refractivity contribution in [3.05, 3.63) is 89.9 Å². The van der Waals surface area contributed by atoms with E-state index in [9.17, 15) is 26.3 Å². The molecule has 1 aromatic heterocycles. The second-order valence-corrected chi connectivity index (χ2v) is 8.15. The van der Waals surface area contributed by atoms with Crippen LogP contribution in [0.1, 0.15) is 11.1 Å². The Morgan fingerprint density at radius 2 is 1.60 bits per heavy atom. The van der Waals surface area contributed by atoms with E-state index in [-0.39, 0.29) is 11.6 Å². The smallest absolute Gasteiger partial charge is 0.456 e. The molecule has 1 heterocycles. The number of rotatable bonds is 9. The third-order valence-corrected chi connectivity index (χ3v) is 5.58. The van der Waals surface area contributed by atoms with Crippen LogP contribution in [-0.2, 0) is 13.0 Å². The molecular weight excluding hydrogens is 470 g/mol.